The second kappa shape index (κ2) is 5.31. The topological polar surface area (TPSA) is 105 Å². The van der Waals surface area contributed by atoms with E-state index in [1.54, 1.807) is 6.92 Å². The molecular weight excluding hydrogens is 274 g/mol. The highest BCUT2D eigenvalue weighted by atomic mass is 16.5. The molecule has 2 aliphatic carbocycles. The maximum atomic E-state index is 12.3. The molecule has 1 aromatic rings. The predicted octanol–water partition coefficient (Wildman–Crippen LogP) is 0.560. The van der Waals surface area contributed by atoms with Gasteiger partial charge in [-0.2, -0.15) is 4.98 Å². The predicted molar refractivity (Wildman–Crippen MR) is 71.1 cm³/mol. The second-order valence-corrected chi connectivity index (χ2v) is 5.61. The van der Waals surface area contributed by atoms with Gasteiger partial charge in [0.05, 0.1) is 11.8 Å². The van der Waals surface area contributed by atoms with Gasteiger partial charge >= 0.3 is 5.97 Å². The van der Waals surface area contributed by atoms with Gasteiger partial charge in [0.1, 0.15) is 0 Å². The van der Waals surface area contributed by atoms with Crippen molar-refractivity contribution in [3.05, 3.63) is 23.9 Å². The van der Waals surface area contributed by atoms with Crippen LogP contribution in [0.3, 0.4) is 0 Å². The molecule has 2 unspecified atom stereocenters. The first-order valence-corrected chi connectivity index (χ1v) is 7.04. The van der Waals surface area contributed by atoms with Crippen molar-refractivity contribution in [3.63, 3.8) is 0 Å². The van der Waals surface area contributed by atoms with Crippen LogP contribution in [-0.2, 0) is 16.0 Å². The second-order valence-electron chi connectivity index (χ2n) is 5.61. The van der Waals surface area contributed by atoms with E-state index in [4.69, 9.17) is 4.52 Å². The normalized spacial score (nSPS) is 29.8. The number of nitrogens with zero attached hydrogens (tertiary/aromatic N) is 2. The van der Waals surface area contributed by atoms with Gasteiger partial charge in [-0.1, -0.05) is 17.3 Å². The molecule has 7 heteroatoms. The Morgan fingerprint density at radius 2 is 2.10 bits per heavy atom. The minimum atomic E-state index is -0.889. The van der Waals surface area contributed by atoms with Crippen molar-refractivity contribution in [2.45, 2.75) is 19.8 Å². The van der Waals surface area contributed by atoms with E-state index in [-0.39, 0.29) is 17.7 Å². The highest BCUT2D eigenvalue weighted by molar-refractivity contribution is 5.86. The van der Waals surface area contributed by atoms with Crippen LogP contribution in [0.5, 0.6) is 0 Å². The Labute approximate surface area is 121 Å². The van der Waals surface area contributed by atoms with Gasteiger partial charge in [-0.25, -0.2) is 0 Å². The van der Waals surface area contributed by atoms with Crippen LogP contribution in [0.4, 0.5) is 0 Å². The molecule has 7 nitrogen and oxygen atoms in total. The molecule has 1 aromatic heterocycles. The SMILES string of the molecule is Cc1noc(CCNC(=O)[C@H]2C3C=CC(C3)[C@H]2C(=O)O)n1. The monoisotopic (exact) mass is 291 g/mol. The van der Waals surface area contributed by atoms with Crippen LogP contribution in [0.2, 0.25) is 0 Å². The molecule has 1 heterocycles. The van der Waals surface area contributed by atoms with E-state index < -0.39 is 17.8 Å². The summed E-state index contributed by atoms with van der Waals surface area (Å²) in [4.78, 5) is 27.7. The smallest absolute Gasteiger partial charge is 0.307 e. The quantitative estimate of drug-likeness (QED) is 0.768. The maximum absolute atomic E-state index is 12.3. The molecule has 0 saturated heterocycles. The highest BCUT2D eigenvalue weighted by Crippen LogP contribution is 2.48. The summed E-state index contributed by atoms with van der Waals surface area (Å²) in [7, 11) is 0. The van der Waals surface area contributed by atoms with E-state index in [1.165, 1.54) is 0 Å². The van der Waals surface area contributed by atoms with E-state index in [2.05, 4.69) is 15.5 Å². The van der Waals surface area contributed by atoms with Crippen molar-refractivity contribution < 1.29 is 19.2 Å². The molecule has 2 N–H and O–H groups in total. The first-order chi connectivity index (χ1) is 10.1. The van der Waals surface area contributed by atoms with E-state index in [9.17, 15) is 14.7 Å². The number of aryl methyl sites for hydroxylation is 1. The van der Waals surface area contributed by atoms with Crippen LogP contribution < -0.4 is 5.32 Å². The van der Waals surface area contributed by atoms with E-state index in [0.717, 1.165) is 6.42 Å². The molecule has 112 valence electrons. The average molecular weight is 291 g/mol. The number of carbonyl (C=O) groups is 2. The van der Waals surface area contributed by atoms with E-state index >= 15 is 0 Å². The number of aliphatic carboxylic acids is 1. The van der Waals surface area contributed by atoms with Gasteiger partial charge in [0, 0.05) is 13.0 Å². The summed E-state index contributed by atoms with van der Waals surface area (Å²) in [5.74, 6) is -1.11. The van der Waals surface area contributed by atoms with Crippen molar-refractivity contribution in [1.29, 1.82) is 0 Å². The molecule has 1 fully saturated rings. The number of hydrogen-bond acceptors (Lipinski definition) is 5. The van der Waals surface area contributed by atoms with Crippen LogP contribution in [0.15, 0.2) is 16.7 Å². The molecule has 2 aliphatic rings. The summed E-state index contributed by atoms with van der Waals surface area (Å²) < 4.78 is 4.96. The Hall–Kier alpha value is -2.18. The molecule has 1 amide bonds. The lowest BCUT2D eigenvalue weighted by Gasteiger charge is -2.23. The number of hydrogen-bond donors (Lipinski definition) is 2. The summed E-state index contributed by atoms with van der Waals surface area (Å²) in [6.07, 6.45) is 5.10. The minimum absolute atomic E-state index is 0.0122. The van der Waals surface area contributed by atoms with Gasteiger partial charge < -0.3 is 14.9 Å². The molecule has 0 radical (unpaired) electrons. The lowest BCUT2D eigenvalue weighted by Crippen LogP contribution is -2.40. The van der Waals surface area contributed by atoms with Crippen LogP contribution in [-0.4, -0.2) is 33.7 Å². The summed E-state index contributed by atoms with van der Waals surface area (Å²) in [6, 6.07) is 0. The largest absolute Gasteiger partial charge is 0.481 e. The van der Waals surface area contributed by atoms with Crippen molar-refractivity contribution in [2.24, 2.45) is 23.7 Å². The molecule has 21 heavy (non-hydrogen) atoms. The lowest BCUT2D eigenvalue weighted by atomic mass is 9.82. The molecule has 1 saturated carbocycles. The number of fused-ring (bicyclic) bond motifs is 2. The van der Waals surface area contributed by atoms with Gasteiger partial charge in [-0.05, 0) is 25.2 Å². The van der Waals surface area contributed by atoms with Crippen molar-refractivity contribution in [1.82, 2.24) is 15.5 Å². The zero-order valence-corrected chi connectivity index (χ0v) is 11.7. The summed E-state index contributed by atoms with van der Waals surface area (Å²) >= 11 is 0. The Morgan fingerprint density at radius 3 is 2.71 bits per heavy atom. The van der Waals surface area contributed by atoms with Crippen molar-refractivity contribution in [2.75, 3.05) is 6.54 Å². The molecule has 0 aromatic carbocycles. The third-order valence-electron chi connectivity index (χ3n) is 4.25. The first kappa shape index (κ1) is 13.8. The van der Waals surface area contributed by atoms with Gasteiger partial charge in [0.2, 0.25) is 11.8 Å². The molecule has 3 rings (SSSR count). The number of carbonyl (C=O) groups excluding carboxylic acids is 1. The standard InChI is InChI=1S/C14H17N3O4/c1-7-16-10(21-17-7)4-5-15-13(18)11-8-2-3-9(6-8)12(11)14(19)20/h2-3,8-9,11-12H,4-6H2,1H3,(H,15,18)(H,19,20)/t8?,9?,11-,12+/m0/s1. The molecule has 2 bridgehead atoms. The zero-order chi connectivity index (χ0) is 15.0. The maximum Gasteiger partial charge on any atom is 0.307 e. The Balaban J connectivity index is 1.57. The fourth-order valence-corrected chi connectivity index (χ4v) is 3.37. The van der Waals surface area contributed by atoms with E-state index in [1.807, 2.05) is 12.2 Å². The summed E-state index contributed by atoms with van der Waals surface area (Å²) in [6.45, 7) is 2.09. The fraction of sp³-hybridized carbons (Fsp3) is 0.571. The van der Waals surface area contributed by atoms with Gasteiger partial charge in [0.25, 0.3) is 0 Å². The summed E-state index contributed by atoms with van der Waals surface area (Å²) in [5.41, 5.74) is 0. The van der Waals surface area contributed by atoms with Crippen LogP contribution >= 0.6 is 0 Å². The Morgan fingerprint density at radius 1 is 1.38 bits per heavy atom. The molecule has 0 spiro atoms. The number of rotatable bonds is 5. The van der Waals surface area contributed by atoms with Crippen LogP contribution in [0.25, 0.3) is 0 Å². The highest BCUT2D eigenvalue weighted by Gasteiger charge is 2.51. The zero-order valence-electron chi connectivity index (χ0n) is 11.7. The van der Waals surface area contributed by atoms with E-state index in [0.29, 0.717) is 24.7 Å². The van der Waals surface area contributed by atoms with Gasteiger partial charge in [-0.15, -0.1) is 0 Å². The Kier molecular flexibility index (Phi) is 3.48. The van der Waals surface area contributed by atoms with Crippen molar-refractivity contribution in [3.8, 4) is 0 Å². The molecule has 4 atom stereocenters. The number of carboxylic acid groups (broad SMARTS) is 1. The number of carboxylic acids is 1. The number of nitrogens with one attached hydrogen (secondary N) is 1. The number of amides is 1. The Bertz CT molecular complexity index is 595. The number of allylic oxidation sites excluding steroid dienone is 2. The average Bonchev–Trinajstić information content (AvgIpc) is 3.13. The van der Waals surface area contributed by atoms with Gasteiger partial charge in [0.15, 0.2) is 5.82 Å². The summed E-state index contributed by atoms with van der Waals surface area (Å²) in [5, 5.41) is 15.8. The molecule has 0 aliphatic heterocycles. The van der Waals surface area contributed by atoms with Crippen LogP contribution in [0.1, 0.15) is 18.1 Å². The third kappa shape index (κ3) is 2.55. The minimum Gasteiger partial charge on any atom is -0.481 e. The third-order valence-corrected chi connectivity index (χ3v) is 4.25. The lowest BCUT2D eigenvalue weighted by molar-refractivity contribution is -0.147. The van der Waals surface area contributed by atoms with Crippen molar-refractivity contribution >= 4 is 11.9 Å². The fourth-order valence-electron chi connectivity index (χ4n) is 3.37. The van der Waals surface area contributed by atoms with Crippen LogP contribution in [0, 0.1) is 30.6 Å². The molecular formula is C14H17N3O4. The number of aromatic nitrogens is 2. The van der Waals surface area contributed by atoms with Gasteiger partial charge in [-0.3, -0.25) is 9.59 Å². The first-order valence-electron chi connectivity index (χ1n) is 7.04.